The second kappa shape index (κ2) is 8.86. The molecular weight excluding hydrogens is 478 g/mol. The van der Waals surface area contributed by atoms with Crippen molar-refractivity contribution in [1.29, 1.82) is 0 Å². The average Bonchev–Trinajstić information content (AvgIpc) is 3.33. The molecule has 3 aromatic rings. The number of amides is 2. The molecule has 0 unspecified atom stereocenters. The standard InChI is InChI=1S/C19H18BrN3O6S/c1-11-8-15(12(2)29-11)18(24)22-23-19(25)16-9-14(5-6-17(16)20)30(26,27)21-10-13-4-3-7-28-13/h3-9,21H,10H2,1-2H3,(H,22,24)(H,23,25). The Labute approximate surface area is 181 Å². The fourth-order valence-electron chi connectivity index (χ4n) is 2.61. The van der Waals surface area contributed by atoms with Crippen LogP contribution in [-0.2, 0) is 16.6 Å². The van der Waals surface area contributed by atoms with Gasteiger partial charge < -0.3 is 8.83 Å². The summed E-state index contributed by atoms with van der Waals surface area (Å²) in [6, 6.07) is 8.80. The summed E-state index contributed by atoms with van der Waals surface area (Å²) in [5.74, 6) is 0.165. The highest BCUT2D eigenvalue weighted by Crippen LogP contribution is 2.21. The van der Waals surface area contributed by atoms with Crippen molar-refractivity contribution in [2.45, 2.75) is 25.3 Å². The van der Waals surface area contributed by atoms with E-state index in [0.29, 0.717) is 21.8 Å². The Bertz CT molecular complexity index is 1190. The highest BCUT2D eigenvalue weighted by atomic mass is 79.9. The third kappa shape index (κ3) is 4.99. The normalized spacial score (nSPS) is 11.3. The molecule has 0 radical (unpaired) electrons. The third-order valence-electron chi connectivity index (χ3n) is 4.08. The van der Waals surface area contributed by atoms with E-state index in [4.69, 9.17) is 8.83 Å². The minimum absolute atomic E-state index is 0.0243. The number of benzene rings is 1. The molecule has 9 nitrogen and oxygen atoms in total. The number of furan rings is 2. The van der Waals surface area contributed by atoms with Crippen molar-refractivity contribution < 1.29 is 26.8 Å². The Hall–Kier alpha value is -2.89. The number of hydrogen-bond donors (Lipinski definition) is 3. The van der Waals surface area contributed by atoms with Crippen molar-refractivity contribution in [1.82, 2.24) is 15.6 Å². The first-order valence-electron chi connectivity index (χ1n) is 8.66. The van der Waals surface area contributed by atoms with Crippen LogP contribution in [0.25, 0.3) is 0 Å². The summed E-state index contributed by atoms with van der Waals surface area (Å²) in [5.41, 5.74) is 4.86. The molecule has 2 aromatic heterocycles. The molecule has 11 heteroatoms. The fraction of sp³-hybridized carbons (Fsp3) is 0.158. The molecular formula is C19H18BrN3O6S. The molecule has 1 aromatic carbocycles. The van der Waals surface area contributed by atoms with Gasteiger partial charge in [0.15, 0.2) is 0 Å². The maximum Gasteiger partial charge on any atom is 0.273 e. The van der Waals surface area contributed by atoms with Crippen LogP contribution in [0.1, 0.15) is 38.0 Å². The molecule has 3 rings (SSSR count). The van der Waals surface area contributed by atoms with Crippen molar-refractivity contribution in [3.8, 4) is 0 Å². The van der Waals surface area contributed by atoms with Crippen LogP contribution in [0.2, 0.25) is 0 Å². The van der Waals surface area contributed by atoms with E-state index >= 15 is 0 Å². The van der Waals surface area contributed by atoms with E-state index in [-0.39, 0.29) is 22.6 Å². The summed E-state index contributed by atoms with van der Waals surface area (Å²) in [6.07, 6.45) is 1.44. The summed E-state index contributed by atoms with van der Waals surface area (Å²) in [4.78, 5) is 24.6. The lowest BCUT2D eigenvalue weighted by atomic mass is 10.2. The number of nitrogens with one attached hydrogen (secondary N) is 3. The number of rotatable bonds is 6. The molecule has 2 amide bonds. The molecule has 2 heterocycles. The van der Waals surface area contributed by atoms with Gasteiger partial charge in [-0.15, -0.1) is 0 Å². The van der Waals surface area contributed by atoms with Gasteiger partial charge in [0.25, 0.3) is 11.8 Å². The van der Waals surface area contributed by atoms with E-state index in [9.17, 15) is 18.0 Å². The quantitative estimate of drug-likeness (QED) is 0.450. The van der Waals surface area contributed by atoms with Crippen LogP contribution in [0.15, 0.2) is 60.9 Å². The number of carbonyl (C=O) groups excluding carboxylic acids is 2. The van der Waals surface area contributed by atoms with Gasteiger partial charge in [-0.25, -0.2) is 13.1 Å². The predicted octanol–water partition coefficient (Wildman–Crippen LogP) is 2.81. The molecule has 0 spiro atoms. The molecule has 0 fully saturated rings. The maximum absolute atomic E-state index is 12.5. The van der Waals surface area contributed by atoms with Crippen molar-refractivity contribution in [2.75, 3.05) is 0 Å². The van der Waals surface area contributed by atoms with E-state index in [1.807, 2.05) is 0 Å². The molecule has 30 heavy (non-hydrogen) atoms. The summed E-state index contributed by atoms with van der Waals surface area (Å²) in [6.45, 7) is 3.29. The summed E-state index contributed by atoms with van der Waals surface area (Å²) < 4.78 is 38.2. The average molecular weight is 496 g/mol. The third-order valence-corrected chi connectivity index (χ3v) is 6.17. The van der Waals surface area contributed by atoms with Crippen LogP contribution in [0.4, 0.5) is 0 Å². The molecule has 158 valence electrons. The van der Waals surface area contributed by atoms with E-state index in [0.717, 1.165) is 0 Å². The second-order valence-electron chi connectivity index (χ2n) is 6.28. The SMILES string of the molecule is Cc1cc(C(=O)NNC(=O)c2cc(S(=O)(=O)NCc3ccco3)ccc2Br)c(C)o1. The monoisotopic (exact) mass is 495 g/mol. The zero-order valence-electron chi connectivity index (χ0n) is 16.0. The zero-order chi connectivity index (χ0) is 21.9. The van der Waals surface area contributed by atoms with E-state index < -0.39 is 21.8 Å². The van der Waals surface area contributed by atoms with Crippen LogP contribution in [0.5, 0.6) is 0 Å². The van der Waals surface area contributed by atoms with Crippen molar-refractivity contribution >= 4 is 37.8 Å². The first-order chi connectivity index (χ1) is 14.2. The lowest BCUT2D eigenvalue weighted by Crippen LogP contribution is -2.42. The molecule has 0 aliphatic heterocycles. The number of sulfonamides is 1. The van der Waals surface area contributed by atoms with Gasteiger partial charge in [0.05, 0.1) is 28.8 Å². The van der Waals surface area contributed by atoms with Crippen LogP contribution >= 0.6 is 15.9 Å². The number of hydrogen-bond acceptors (Lipinski definition) is 6. The van der Waals surface area contributed by atoms with E-state index in [2.05, 4.69) is 31.5 Å². The molecule has 0 aliphatic rings. The summed E-state index contributed by atoms with van der Waals surface area (Å²) >= 11 is 3.22. The summed E-state index contributed by atoms with van der Waals surface area (Å²) in [5, 5.41) is 0. The fourth-order valence-corrected chi connectivity index (χ4v) is 4.06. The number of halogens is 1. The number of hydrazine groups is 1. The Morgan fingerprint density at radius 1 is 1.03 bits per heavy atom. The van der Waals surface area contributed by atoms with Crippen molar-refractivity contribution in [3.63, 3.8) is 0 Å². The molecule has 0 saturated carbocycles. The number of carbonyl (C=O) groups is 2. The topological polar surface area (TPSA) is 131 Å². The minimum atomic E-state index is -3.90. The van der Waals surface area contributed by atoms with Gasteiger partial charge >= 0.3 is 0 Å². The van der Waals surface area contributed by atoms with E-state index in [1.54, 1.807) is 32.0 Å². The molecule has 0 bridgehead atoms. The first kappa shape index (κ1) is 21.8. The Morgan fingerprint density at radius 3 is 2.33 bits per heavy atom. The lowest BCUT2D eigenvalue weighted by Gasteiger charge is -2.11. The molecule has 0 aliphatic carbocycles. The van der Waals surface area contributed by atoms with E-state index in [1.165, 1.54) is 24.5 Å². The molecule has 0 atom stereocenters. The van der Waals surface area contributed by atoms with Gasteiger partial charge in [-0.3, -0.25) is 20.4 Å². The Balaban J connectivity index is 1.71. The van der Waals surface area contributed by atoms with Gasteiger partial charge in [0, 0.05) is 4.47 Å². The number of aryl methyl sites for hydroxylation is 2. The predicted molar refractivity (Wildman–Crippen MR) is 110 cm³/mol. The van der Waals surface area contributed by atoms with Gasteiger partial charge in [-0.1, -0.05) is 0 Å². The summed E-state index contributed by atoms with van der Waals surface area (Å²) in [7, 11) is -3.90. The van der Waals surface area contributed by atoms with Crippen molar-refractivity contribution in [3.05, 3.63) is 75.5 Å². The van der Waals surface area contributed by atoms with Crippen LogP contribution in [0.3, 0.4) is 0 Å². The largest absolute Gasteiger partial charge is 0.468 e. The first-order valence-corrected chi connectivity index (χ1v) is 10.9. The van der Waals surface area contributed by atoms with Gasteiger partial charge in [0.2, 0.25) is 10.0 Å². The maximum atomic E-state index is 12.5. The Kier molecular flexibility index (Phi) is 6.44. The van der Waals surface area contributed by atoms with Crippen molar-refractivity contribution in [2.24, 2.45) is 0 Å². The second-order valence-corrected chi connectivity index (χ2v) is 8.90. The van der Waals surface area contributed by atoms with Crippen LogP contribution < -0.4 is 15.6 Å². The van der Waals surface area contributed by atoms with Crippen LogP contribution in [-0.4, -0.2) is 20.2 Å². The van der Waals surface area contributed by atoms with Gasteiger partial charge in [0.1, 0.15) is 17.3 Å². The van der Waals surface area contributed by atoms with Gasteiger partial charge in [-0.05, 0) is 66.2 Å². The van der Waals surface area contributed by atoms with Crippen LogP contribution in [0, 0.1) is 13.8 Å². The zero-order valence-corrected chi connectivity index (χ0v) is 18.4. The molecule has 3 N–H and O–H groups in total. The van der Waals surface area contributed by atoms with Gasteiger partial charge in [-0.2, -0.15) is 0 Å². The highest BCUT2D eigenvalue weighted by Gasteiger charge is 2.20. The smallest absolute Gasteiger partial charge is 0.273 e. The lowest BCUT2D eigenvalue weighted by molar-refractivity contribution is 0.0845. The molecule has 0 saturated heterocycles. The minimum Gasteiger partial charge on any atom is -0.468 e. The Morgan fingerprint density at radius 2 is 1.73 bits per heavy atom. The highest BCUT2D eigenvalue weighted by molar-refractivity contribution is 9.10.